The highest BCUT2D eigenvalue weighted by molar-refractivity contribution is 7.23. The first-order valence-corrected chi connectivity index (χ1v) is 16.7. The third-order valence-corrected chi connectivity index (χ3v) is 11.0. The molecule has 2 aromatic carbocycles. The van der Waals surface area contributed by atoms with Gasteiger partial charge < -0.3 is 20.1 Å². The third kappa shape index (κ3) is 5.67. The van der Waals surface area contributed by atoms with E-state index in [4.69, 9.17) is 15.2 Å². The average Bonchev–Trinajstić information content (AvgIpc) is 3.89. The smallest absolute Gasteiger partial charge is 0.417 e. The average molecular weight is 720 g/mol. The van der Waals surface area contributed by atoms with Crippen LogP contribution in [-0.2, 0) is 10.9 Å². The van der Waals surface area contributed by atoms with Crippen LogP contribution in [0.25, 0.3) is 32.1 Å². The molecule has 8 rings (SSSR count). The minimum atomic E-state index is -5.07. The van der Waals surface area contributed by atoms with E-state index < -0.39 is 46.7 Å². The Balaban J connectivity index is 0.000000375. The highest BCUT2D eigenvalue weighted by Crippen LogP contribution is 2.48. The van der Waals surface area contributed by atoms with Gasteiger partial charge in [-0.3, -0.25) is 9.80 Å². The van der Waals surface area contributed by atoms with Gasteiger partial charge >= 0.3 is 18.3 Å². The number of thiophene rings is 1. The number of carbonyl (C=O) groups is 1. The molecular formula is C33H31F6N7O3S. The molecule has 0 aliphatic carbocycles. The minimum Gasteiger partial charge on any atom is -0.467 e. The van der Waals surface area contributed by atoms with Gasteiger partial charge in [0, 0.05) is 48.6 Å². The van der Waals surface area contributed by atoms with Crippen molar-refractivity contribution < 1.29 is 40.6 Å². The van der Waals surface area contributed by atoms with E-state index in [1.165, 1.54) is 24.9 Å². The molecule has 4 fully saturated rings. The van der Waals surface area contributed by atoms with Crippen molar-refractivity contribution in [2.45, 2.75) is 56.2 Å². The summed E-state index contributed by atoms with van der Waals surface area (Å²) in [6, 6.07) is 4.15. The number of hydrogen-bond acceptors (Lipinski definition) is 10. The number of nitrogens with zero attached hydrogens (tertiary/aromatic N) is 6. The molecule has 10 nitrogen and oxygen atoms in total. The normalized spacial score (nSPS) is 23.1. The van der Waals surface area contributed by atoms with Crippen LogP contribution in [-0.4, -0.2) is 90.6 Å². The second-order valence-electron chi connectivity index (χ2n) is 12.8. The zero-order valence-corrected chi connectivity index (χ0v) is 27.7. The molecule has 6 heterocycles. The molecule has 50 heavy (non-hydrogen) atoms. The number of alkyl halides is 4. The zero-order valence-electron chi connectivity index (χ0n) is 26.9. The Morgan fingerprint density at radius 1 is 1.18 bits per heavy atom. The van der Waals surface area contributed by atoms with Crippen molar-refractivity contribution in [3.63, 3.8) is 0 Å². The van der Waals surface area contributed by atoms with E-state index >= 15 is 4.39 Å². The Hall–Kier alpha value is -4.56. The van der Waals surface area contributed by atoms with Gasteiger partial charge in [0.2, 0.25) is 0 Å². The Morgan fingerprint density at radius 2 is 1.96 bits per heavy atom. The highest BCUT2D eigenvalue weighted by atomic mass is 32.1. The number of cyclic esters (lactones) is 1. The maximum atomic E-state index is 16.5. The van der Waals surface area contributed by atoms with Crippen LogP contribution in [0.15, 0.2) is 18.2 Å². The van der Waals surface area contributed by atoms with Crippen molar-refractivity contribution in [3.8, 4) is 23.2 Å². The summed E-state index contributed by atoms with van der Waals surface area (Å²) in [7, 11) is 2.81. The van der Waals surface area contributed by atoms with Crippen molar-refractivity contribution in [2.75, 3.05) is 51.0 Å². The fraction of sp³-hybridized carbons (Fsp3) is 0.455. The summed E-state index contributed by atoms with van der Waals surface area (Å²) in [6.45, 7) is 2.28. The first-order valence-electron chi connectivity index (χ1n) is 15.9. The number of nitriles is 1. The molecule has 2 aromatic heterocycles. The van der Waals surface area contributed by atoms with E-state index in [1.54, 1.807) is 18.0 Å². The quantitative estimate of drug-likeness (QED) is 0.236. The van der Waals surface area contributed by atoms with Gasteiger partial charge in [-0.15, -0.1) is 11.3 Å². The topological polar surface area (TPSA) is 121 Å². The summed E-state index contributed by atoms with van der Waals surface area (Å²) >= 11 is 0.683. The number of fused-ring (bicyclic) bond motifs is 4. The lowest BCUT2D eigenvalue weighted by Crippen LogP contribution is -2.36. The molecule has 4 unspecified atom stereocenters. The van der Waals surface area contributed by atoms with Crippen molar-refractivity contribution in [1.82, 2.24) is 19.8 Å². The Morgan fingerprint density at radius 3 is 2.64 bits per heavy atom. The Kier molecular flexibility index (Phi) is 8.58. The molecule has 0 bridgehead atoms. The second kappa shape index (κ2) is 12.6. The fourth-order valence-corrected chi connectivity index (χ4v) is 8.50. The van der Waals surface area contributed by atoms with Crippen LogP contribution in [0.2, 0.25) is 0 Å². The maximum absolute atomic E-state index is 16.5. The number of carbonyl (C=O) groups excluding carboxylic acids is 1. The Bertz CT molecular complexity index is 2040. The molecule has 4 saturated heterocycles. The standard InChI is InChI=1S/C26H19F5N6O3S.C7H12FN/c1-36(10-5-11-9-40-25(38)37(11)8-10)23-13-6-15(26(29,30)31)18(19(28)20(13)34-24(35-23)39-2)12-3-4-16(27)21-17(12)14(7-32)22(33)41-21;8-6-4-7-2-1-3-9(7)5-6/h3-4,6,10-11H,5,8-9,33H2,1-2H3;6-7H,1-5H2. The number of rotatable bonds is 4. The molecule has 4 aliphatic rings. The largest absolute Gasteiger partial charge is 0.467 e. The number of benzene rings is 2. The first-order chi connectivity index (χ1) is 23.8. The third-order valence-electron chi connectivity index (χ3n) is 9.95. The minimum absolute atomic E-state index is 0.0379. The molecule has 1 amide bonds. The number of nitrogen functional groups attached to an aromatic ring is 1. The lowest BCUT2D eigenvalue weighted by Gasteiger charge is -2.27. The highest BCUT2D eigenvalue weighted by Gasteiger charge is 2.44. The monoisotopic (exact) mass is 719 g/mol. The van der Waals surface area contributed by atoms with Crippen LogP contribution in [0, 0.1) is 23.0 Å². The van der Waals surface area contributed by atoms with Crippen LogP contribution >= 0.6 is 11.3 Å². The molecular weight excluding hydrogens is 688 g/mol. The van der Waals surface area contributed by atoms with Crippen LogP contribution < -0.4 is 15.4 Å². The van der Waals surface area contributed by atoms with Gasteiger partial charge in [-0.05, 0) is 49.9 Å². The molecule has 4 aromatic rings. The van der Waals surface area contributed by atoms with Gasteiger partial charge in [-0.25, -0.2) is 18.0 Å². The number of aromatic nitrogens is 2. The van der Waals surface area contributed by atoms with Crippen LogP contribution in [0.5, 0.6) is 6.01 Å². The van der Waals surface area contributed by atoms with E-state index in [1.807, 2.05) is 0 Å². The van der Waals surface area contributed by atoms with E-state index in [0.29, 0.717) is 30.3 Å². The van der Waals surface area contributed by atoms with Gasteiger partial charge in [0.15, 0.2) is 5.82 Å². The maximum Gasteiger partial charge on any atom is 0.417 e. The number of methoxy groups -OCH3 is 1. The molecule has 264 valence electrons. The number of halogens is 6. The van der Waals surface area contributed by atoms with Crippen molar-refractivity contribution in [1.29, 1.82) is 5.26 Å². The molecule has 17 heteroatoms. The molecule has 0 spiro atoms. The zero-order chi connectivity index (χ0) is 35.6. The second-order valence-corrected chi connectivity index (χ2v) is 13.9. The molecule has 4 atom stereocenters. The van der Waals surface area contributed by atoms with Crippen molar-refractivity contribution >= 4 is 49.2 Å². The predicted octanol–water partition coefficient (Wildman–Crippen LogP) is 6.49. The number of nitrogens with two attached hydrogens (primary N) is 1. The van der Waals surface area contributed by atoms with Gasteiger partial charge in [-0.1, -0.05) is 6.07 Å². The van der Waals surface area contributed by atoms with E-state index in [2.05, 4.69) is 14.9 Å². The SMILES string of the molecule is COc1nc(N(C)C2CC3COC(=O)N3C2)c2cc(C(F)(F)F)c(-c3ccc(F)c4sc(N)c(C#N)c34)c(F)c2n1.FC1CC2CCCN2C1. The summed E-state index contributed by atoms with van der Waals surface area (Å²) in [5.41, 5.74) is 2.49. The molecule has 4 aliphatic heterocycles. The van der Waals surface area contributed by atoms with Crippen LogP contribution in [0.4, 0.5) is 42.0 Å². The van der Waals surface area contributed by atoms with E-state index in [9.17, 15) is 32.0 Å². The van der Waals surface area contributed by atoms with Crippen molar-refractivity contribution in [2.24, 2.45) is 0 Å². The predicted molar refractivity (Wildman–Crippen MR) is 174 cm³/mol. The van der Waals surface area contributed by atoms with Gasteiger partial charge in [0.1, 0.15) is 41.0 Å². The number of likely N-dealkylation sites (N-methyl/N-ethyl adjacent to an activating group) is 1. The molecule has 0 radical (unpaired) electrons. The number of amides is 1. The summed E-state index contributed by atoms with van der Waals surface area (Å²) in [5.74, 6) is -2.21. The van der Waals surface area contributed by atoms with Crippen LogP contribution in [0.1, 0.15) is 36.8 Å². The lowest BCUT2D eigenvalue weighted by molar-refractivity contribution is -0.137. The molecule has 2 N–H and O–H groups in total. The molecule has 0 saturated carbocycles. The van der Waals surface area contributed by atoms with Crippen LogP contribution in [0.3, 0.4) is 0 Å². The van der Waals surface area contributed by atoms with E-state index in [-0.39, 0.29) is 68.7 Å². The lowest BCUT2D eigenvalue weighted by atomic mass is 9.92. The van der Waals surface area contributed by atoms with Gasteiger partial charge in [0.25, 0.3) is 0 Å². The summed E-state index contributed by atoms with van der Waals surface area (Å²) in [5, 5.41) is 9.06. The number of hydrogen-bond donors (Lipinski definition) is 1. The Labute approximate surface area is 286 Å². The van der Waals surface area contributed by atoms with Gasteiger partial charge in [0.05, 0.1) is 29.0 Å². The number of ether oxygens (including phenoxy) is 2. The fourth-order valence-electron chi connectivity index (χ4n) is 7.55. The van der Waals surface area contributed by atoms with Crippen molar-refractivity contribution in [3.05, 3.63) is 41.0 Å². The first kappa shape index (κ1) is 33.9. The van der Waals surface area contributed by atoms with Gasteiger partial charge in [-0.2, -0.15) is 28.4 Å². The van der Waals surface area contributed by atoms with E-state index in [0.717, 1.165) is 31.2 Å². The summed E-state index contributed by atoms with van der Waals surface area (Å²) in [6.07, 6.45) is -2.29. The summed E-state index contributed by atoms with van der Waals surface area (Å²) < 4.78 is 97.6. The number of anilines is 2. The summed E-state index contributed by atoms with van der Waals surface area (Å²) in [4.78, 5) is 25.7.